The molecule has 128 valence electrons. The van der Waals surface area contributed by atoms with E-state index in [0.29, 0.717) is 5.69 Å². The second kappa shape index (κ2) is 8.24. The summed E-state index contributed by atoms with van der Waals surface area (Å²) in [5, 5.41) is 11.1. The second-order valence-electron chi connectivity index (χ2n) is 5.59. The first-order valence-electron chi connectivity index (χ1n) is 7.97. The predicted molar refractivity (Wildman–Crippen MR) is 88.9 cm³/mol. The molecule has 1 aromatic heterocycles. The zero-order valence-electron chi connectivity index (χ0n) is 14.2. The molecule has 0 saturated carbocycles. The van der Waals surface area contributed by atoms with E-state index in [4.69, 9.17) is 4.74 Å². The molecule has 0 bridgehead atoms. The lowest BCUT2D eigenvalue weighted by atomic mass is 10.2. The average molecular weight is 330 g/mol. The molecule has 7 nitrogen and oxygen atoms in total. The lowest BCUT2D eigenvalue weighted by Crippen LogP contribution is -2.35. The Morgan fingerprint density at radius 2 is 1.96 bits per heavy atom. The summed E-state index contributed by atoms with van der Waals surface area (Å²) in [5.74, 6) is -0.981. The molecule has 0 radical (unpaired) electrons. The van der Waals surface area contributed by atoms with Crippen LogP contribution in [0.2, 0.25) is 0 Å². The topological polar surface area (TPSA) is 86.1 Å². The summed E-state index contributed by atoms with van der Waals surface area (Å²) in [6, 6.07) is 9.31. The first-order chi connectivity index (χ1) is 11.5. The van der Waals surface area contributed by atoms with Gasteiger partial charge >= 0.3 is 5.97 Å². The van der Waals surface area contributed by atoms with E-state index >= 15 is 0 Å². The number of nitrogens with zero attached hydrogens (tertiary/aromatic N) is 3. The number of rotatable bonds is 7. The summed E-state index contributed by atoms with van der Waals surface area (Å²) in [4.78, 5) is 25.2. The van der Waals surface area contributed by atoms with Crippen LogP contribution in [0.25, 0.3) is 5.69 Å². The molecule has 1 atom stereocenters. The van der Waals surface area contributed by atoms with Crippen molar-refractivity contribution in [1.29, 1.82) is 0 Å². The molecule has 0 saturated heterocycles. The van der Waals surface area contributed by atoms with Crippen LogP contribution in [0.3, 0.4) is 0 Å². The van der Waals surface area contributed by atoms with E-state index in [1.807, 2.05) is 44.2 Å². The lowest BCUT2D eigenvalue weighted by Gasteiger charge is -2.12. The molecule has 2 rings (SSSR count). The highest BCUT2D eigenvalue weighted by Gasteiger charge is 2.19. The second-order valence-corrected chi connectivity index (χ2v) is 5.59. The van der Waals surface area contributed by atoms with Crippen molar-refractivity contribution in [3.05, 3.63) is 41.7 Å². The van der Waals surface area contributed by atoms with Crippen LogP contribution in [0.1, 0.15) is 42.9 Å². The van der Waals surface area contributed by atoms with E-state index in [-0.39, 0.29) is 24.2 Å². The van der Waals surface area contributed by atoms with Gasteiger partial charge in [0.05, 0.1) is 11.4 Å². The third-order valence-electron chi connectivity index (χ3n) is 3.43. The molecular weight excluding hydrogens is 308 g/mol. The molecule has 24 heavy (non-hydrogen) atoms. The standard InChI is InChI=1S/C17H22N4O3/c1-4-8-12(2)18-15(22)11-24-17(23)16-13(3)19-21(20-16)14-9-6-5-7-10-14/h5-7,9-10,12H,4,8,11H2,1-3H3,(H,18,22). The molecule has 0 fully saturated rings. The van der Waals surface area contributed by atoms with Gasteiger partial charge in [-0.15, -0.1) is 5.10 Å². The fourth-order valence-electron chi connectivity index (χ4n) is 2.27. The molecule has 1 unspecified atom stereocenters. The van der Waals surface area contributed by atoms with Crippen molar-refractivity contribution in [1.82, 2.24) is 20.3 Å². The van der Waals surface area contributed by atoms with Crippen LogP contribution in [0.15, 0.2) is 30.3 Å². The average Bonchev–Trinajstić information content (AvgIpc) is 2.95. The maximum atomic E-state index is 12.1. The number of esters is 1. The highest BCUT2D eigenvalue weighted by molar-refractivity contribution is 5.90. The van der Waals surface area contributed by atoms with E-state index in [0.717, 1.165) is 18.5 Å². The molecule has 1 heterocycles. The van der Waals surface area contributed by atoms with Crippen molar-refractivity contribution < 1.29 is 14.3 Å². The summed E-state index contributed by atoms with van der Waals surface area (Å²) in [6.07, 6.45) is 1.85. The third kappa shape index (κ3) is 4.65. The lowest BCUT2D eigenvalue weighted by molar-refractivity contribution is -0.124. The van der Waals surface area contributed by atoms with Crippen molar-refractivity contribution in [2.24, 2.45) is 0 Å². The van der Waals surface area contributed by atoms with Gasteiger partial charge in [-0.25, -0.2) is 4.79 Å². The molecule has 1 aromatic carbocycles. The van der Waals surface area contributed by atoms with Crippen molar-refractivity contribution in [2.45, 2.75) is 39.7 Å². The SMILES string of the molecule is CCCC(C)NC(=O)COC(=O)c1nn(-c2ccccc2)nc1C. The van der Waals surface area contributed by atoms with Gasteiger partial charge in [-0.05, 0) is 32.4 Å². The summed E-state index contributed by atoms with van der Waals surface area (Å²) in [6.45, 7) is 5.30. The first-order valence-corrected chi connectivity index (χ1v) is 7.97. The molecule has 0 aliphatic heterocycles. The van der Waals surface area contributed by atoms with Crippen molar-refractivity contribution in [3.8, 4) is 5.69 Å². The Morgan fingerprint density at radius 3 is 2.62 bits per heavy atom. The fourth-order valence-corrected chi connectivity index (χ4v) is 2.27. The Kier molecular flexibility index (Phi) is 6.06. The van der Waals surface area contributed by atoms with Gasteiger partial charge in [0, 0.05) is 6.04 Å². The van der Waals surface area contributed by atoms with Crippen LogP contribution in [-0.2, 0) is 9.53 Å². The van der Waals surface area contributed by atoms with Gasteiger partial charge in [0.25, 0.3) is 5.91 Å². The van der Waals surface area contributed by atoms with Crippen LogP contribution < -0.4 is 5.32 Å². The van der Waals surface area contributed by atoms with Gasteiger partial charge in [-0.3, -0.25) is 4.79 Å². The van der Waals surface area contributed by atoms with Crippen molar-refractivity contribution in [2.75, 3.05) is 6.61 Å². The Balaban J connectivity index is 1.96. The van der Waals surface area contributed by atoms with Gasteiger partial charge in [0.15, 0.2) is 12.3 Å². The van der Waals surface area contributed by atoms with Gasteiger partial charge in [0.1, 0.15) is 0 Å². The zero-order valence-corrected chi connectivity index (χ0v) is 14.2. The normalized spacial score (nSPS) is 11.8. The molecule has 0 spiro atoms. The zero-order chi connectivity index (χ0) is 17.5. The number of aryl methyl sites for hydroxylation is 1. The van der Waals surface area contributed by atoms with Gasteiger partial charge in [0.2, 0.25) is 0 Å². The molecule has 1 amide bonds. The molecule has 7 heteroatoms. The Labute approximate surface area is 141 Å². The third-order valence-corrected chi connectivity index (χ3v) is 3.43. The maximum Gasteiger partial charge on any atom is 0.361 e. The van der Waals surface area contributed by atoms with Gasteiger partial charge < -0.3 is 10.1 Å². The number of carbonyl (C=O) groups excluding carboxylic acids is 2. The number of hydrogen-bond donors (Lipinski definition) is 1. The fraction of sp³-hybridized carbons (Fsp3) is 0.412. The van der Waals surface area contributed by atoms with Crippen LogP contribution in [0.4, 0.5) is 0 Å². The quantitative estimate of drug-likeness (QED) is 0.785. The van der Waals surface area contributed by atoms with E-state index in [1.54, 1.807) is 6.92 Å². The predicted octanol–water partition coefficient (Wildman–Crippen LogP) is 2.04. The molecule has 1 N–H and O–H groups in total. The Morgan fingerprint density at radius 1 is 1.25 bits per heavy atom. The summed E-state index contributed by atoms with van der Waals surface area (Å²) >= 11 is 0. The molecule has 2 aromatic rings. The van der Waals surface area contributed by atoms with E-state index in [9.17, 15) is 9.59 Å². The number of para-hydroxylation sites is 1. The molecular formula is C17H22N4O3. The smallest absolute Gasteiger partial charge is 0.361 e. The summed E-state index contributed by atoms with van der Waals surface area (Å²) in [5.41, 5.74) is 1.29. The largest absolute Gasteiger partial charge is 0.451 e. The van der Waals surface area contributed by atoms with E-state index < -0.39 is 5.97 Å². The highest BCUT2D eigenvalue weighted by Crippen LogP contribution is 2.09. The van der Waals surface area contributed by atoms with Crippen LogP contribution >= 0.6 is 0 Å². The number of benzene rings is 1. The maximum absolute atomic E-state index is 12.1. The number of aromatic nitrogens is 3. The van der Waals surface area contributed by atoms with Gasteiger partial charge in [-0.1, -0.05) is 31.5 Å². The number of hydrogen-bond acceptors (Lipinski definition) is 5. The van der Waals surface area contributed by atoms with Crippen LogP contribution in [0.5, 0.6) is 0 Å². The minimum absolute atomic E-state index is 0.0573. The van der Waals surface area contributed by atoms with Crippen LogP contribution in [0, 0.1) is 6.92 Å². The van der Waals surface area contributed by atoms with Crippen molar-refractivity contribution >= 4 is 11.9 Å². The highest BCUT2D eigenvalue weighted by atomic mass is 16.5. The first kappa shape index (κ1) is 17.7. The Hall–Kier alpha value is -2.70. The molecule has 0 aliphatic rings. The number of carbonyl (C=O) groups is 2. The minimum Gasteiger partial charge on any atom is -0.451 e. The number of ether oxygens (including phenoxy) is 1. The van der Waals surface area contributed by atoms with Gasteiger partial charge in [-0.2, -0.15) is 9.90 Å². The summed E-state index contributed by atoms with van der Waals surface area (Å²) < 4.78 is 5.03. The number of nitrogens with one attached hydrogen (secondary N) is 1. The van der Waals surface area contributed by atoms with Crippen LogP contribution in [-0.4, -0.2) is 39.5 Å². The van der Waals surface area contributed by atoms with Crippen molar-refractivity contribution in [3.63, 3.8) is 0 Å². The monoisotopic (exact) mass is 330 g/mol. The molecule has 0 aliphatic carbocycles. The van der Waals surface area contributed by atoms with E-state index in [2.05, 4.69) is 15.5 Å². The summed E-state index contributed by atoms with van der Waals surface area (Å²) in [7, 11) is 0. The minimum atomic E-state index is -0.659. The number of amides is 1. The Bertz CT molecular complexity index is 697. The van der Waals surface area contributed by atoms with E-state index in [1.165, 1.54) is 4.80 Å².